The van der Waals surface area contributed by atoms with E-state index in [2.05, 4.69) is 0 Å². The maximum Gasteiger partial charge on any atom is 1.00 e. The number of rotatable bonds is 0. The first-order valence-electron chi connectivity index (χ1n) is 0.617. The third-order valence-corrected chi connectivity index (χ3v) is 0. The first kappa shape index (κ1) is 16.1. The van der Waals surface area contributed by atoms with Gasteiger partial charge in [0.1, 0.15) is 0 Å². The zero-order valence-electron chi connectivity index (χ0n) is 3.36. The van der Waals surface area contributed by atoms with Gasteiger partial charge in [-0.25, -0.2) is 18.6 Å². The molecular weight excluding hydrogens is 194 g/mol. The van der Waals surface area contributed by atoms with Crippen molar-refractivity contribution in [1.82, 2.24) is 0 Å². The Balaban J connectivity index is -0.0000000800. The monoisotopic (exact) mass is 194 g/mol. The summed E-state index contributed by atoms with van der Waals surface area (Å²) < 4.78 is 34.0. The minimum Gasteiger partial charge on any atom is -0.222 e. The Kier molecular flexibility index (Phi) is 14.8. The van der Waals surface area contributed by atoms with E-state index >= 15 is 0 Å². The van der Waals surface area contributed by atoms with Crippen LogP contribution in [-0.2, 0) is 17.1 Å². The Labute approximate surface area is 95.5 Å². The molecule has 0 atom stereocenters. The molecule has 0 aromatic carbocycles. The quantitative estimate of drug-likeness (QED) is 0.358. The van der Waals surface area contributed by atoms with Crippen LogP contribution in [0.15, 0.2) is 0 Å². The Hall–Kier alpha value is 2.29. The molecule has 0 amide bonds. The summed E-state index contributed by atoms with van der Waals surface area (Å²) in [6, 6.07) is 0. The van der Waals surface area contributed by atoms with Crippen LogP contribution < -0.4 is 70.0 Å². The van der Waals surface area contributed by atoms with Gasteiger partial charge in [-0.3, -0.25) is 0 Å². The number of halogens is 1. The van der Waals surface area contributed by atoms with Gasteiger partial charge in [-0.05, 0) is 0 Å². The van der Waals surface area contributed by atoms with E-state index < -0.39 is 10.2 Å². The average Bonchev–Trinajstić information content (AvgIpc) is 0.722. The molecule has 0 aliphatic rings. The van der Waals surface area contributed by atoms with E-state index in [1.807, 2.05) is 0 Å². The van der Waals surface area contributed by atoms with E-state index in [0.29, 0.717) is 0 Å². The summed E-state index contributed by atoms with van der Waals surface area (Å²) in [4.78, 5) is 0. The molecule has 0 rings (SSSR count). The summed E-state index contributed by atoms with van der Waals surface area (Å²) in [5.41, 5.74) is 0. The van der Waals surface area contributed by atoms with E-state index in [-0.39, 0.29) is 68.5 Å². The van der Waals surface area contributed by atoms with Gasteiger partial charge in [0.15, 0.2) is 0 Å². The first-order chi connectivity index (χ1) is 2.00. The van der Waals surface area contributed by atoms with E-state index in [0.717, 1.165) is 0 Å². The summed E-state index contributed by atoms with van der Waals surface area (Å²) in [5.74, 6) is 0. The molecule has 0 aromatic heterocycles. The van der Waals surface area contributed by atoms with Gasteiger partial charge in [0.25, 0.3) is 0 Å². The number of hydrogen-bond acceptors (Lipinski definition) is 4. The first-order valence-corrected chi connectivity index (χ1v) is 1.85. The molecule has 0 N–H and O–H groups in total. The maximum absolute atomic E-state index is 8.49. The van der Waals surface area contributed by atoms with Crippen LogP contribution in [0.2, 0.25) is 0 Å². The fraction of sp³-hybridized carbons (Fsp3) is 0. The van der Waals surface area contributed by atoms with Crippen molar-refractivity contribution in [2.24, 2.45) is 0 Å². The molecule has 0 radical (unpaired) electrons. The molecule has 0 saturated heterocycles. The smallest absolute Gasteiger partial charge is 0.222 e. The van der Waals surface area contributed by atoms with Crippen LogP contribution in [0.5, 0.6) is 0 Å². The van der Waals surface area contributed by atoms with E-state index in [1.165, 1.54) is 0 Å². The zero-order chi connectivity index (χ0) is 4.50. The van der Waals surface area contributed by atoms with Crippen molar-refractivity contribution in [3.8, 4) is 0 Å². The molecule has 0 aliphatic carbocycles. The van der Waals surface area contributed by atoms with Gasteiger partial charge in [-0.1, -0.05) is 0 Å². The molecule has 0 spiro atoms. The summed E-state index contributed by atoms with van der Waals surface area (Å²) in [6.07, 6.45) is 0. The van der Waals surface area contributed by atoms with Gasteiger partial charge in [0.05, 0.1) is 0 Å². The Morgan fingerprint density at radius 3 is 0.857 bits per heavy atom. The Morgan fingerprint density at radius 2 is 0.857 bits per heavy atom. The van der Waals surface area contributed by atoms with Crippen LogP contribution in [-0.4, -0.2) is 0 Å². The zero-order valence-corrected chi connectivity index (χ0v) is 8.35. The molecule has 40 valence electrons. The molecule has 0 aromatic rings. The Morgan fingerprint density at radius 1 is 0.857 bits per heavy atom. The van der Waals surface area contributed by atoms with Gasteiger partial charge >= 0.3 is 51.4 Å². The Bertz CT molecular complexity index is 27.2. The summed E-state index contributed by atoms with van der Waals surface area (Å²) >= 11 is 0. The van der Waals surface area contributed by atoms with Gasteiger partial charge in [-0.15, -0.1) is 10.2 Å². The van der Waals surface area contributed by atoms with Crippen LogP contribution in [0, 0.1) is 10.2 Å². The van der Waals surface area contributed by atoms with Crippen molar-refractivity contribution in [3.63, 3.8) is 0 Å². The second-order valence-corrected chi connectivity index (χ2v) is 1.13. The molecule has 7 heteroatoms. The van der Waals surface area contributed by atoms with Crippen molar-refractivity contribution < 1.29 is 97.3 Å². The third kappa shape index (κ3) is 62.7. The standard InChI is InChI=1S/ClHO4.Fe.K/c2-1(3,4)5;;/h(H,2,3,4,5);;/q;;+1/p-1. The van der Waals surface area contributed by atoms with Gasteiger partial charge in [0, 0.05) is 17.1 Å². The van der Waals surface area contributed by atoms with E-state index in [9.17, 15) is 0 Å². The minimum absolute atomic E-state index is 0. The summed E-state index contributed by atoms with van der Waals surface area (Å²) in [6.45, 7) is 0. The normalized spacial score (nSPS) is 8.57. The fourth-order valence-electron chi connectivity index (χ4n) is 0. The van der Waals surface area contributed by atoms with Crippen LogP contribution in [0.3, 0.4) is 0 Å². The number of hydrogen-bond donors (Lipinski definition) is 0. The molecule has 7 heavy (non-hydrogen) atoms. The average molecular weight is 194 g/mol. The van der Waals surface area contributed by atoms with Gasteiger partial charge < -0.3 is 0 Å². The predicted molar refractivity (Wildman–Crippen MR) is 0 cm³/mol. The molecule has 0 saturated carbocycles. The SMILES string of the molecule is [Fe].[K+].[O-][Cl+3]([O-])([O-])[O-]. The summed E-state index contributed by atoms with van der Waals surface area (Å²) in [7, 11) is -4.94. The van der Waals surface area contributed by atoms with Crippen molar-refractivity contribution >= 4 is 0 Å². The van der Waals surface area contributed by atoms with Crippen LogP contribution in [0.1, 0.15) is 0 Å². The van der Waals surface area contributed by atoms with E-state index in [4.69, 9.17) is 18.6 Å². The van der Waals surface area contributed by atoms with Crippen molar-refractivity contribution in [3.05, 3.63) is 0 Å². The van der Waals surface area contributed by atoms with Crippen molar-refractivity contribution in [2.45, 2.75) is 0 Å². The van der Waals surface area contributed by atoms with Crippen molar-refractivity contribution in [2.75, 3.05) is 0 Å². The molecule has 0 bridgehead atoms. The topological polar surface area (TPSA) is 92.2 Å². The molecular formula is ClFeKO4. The maximum atomic E-state index is 8.49. The largest absolute Gasteiger partial charge is 1.00 e. The van der Waals surface area contributed by atoms with E-state index in [1.54, 1.807) is 0 Å². The van der Waals surface area contributed by atoms with Gasteiger partial charge in [0.2, 0.25) is 0 Å². The summed E-state index contributed by atoms with van der Waals surface area (Å²) in [5, 5.41) is 0. The fourth-order valence-corrected chi connectivity index (χ4v) is 0. The predicted octanol–water partition coefficient (Wildman–Crippen LogP) is -7.75. The molecule has 0 heterocycles. The molecule has 4 nitrogen and oxygen atoms in total. The van der Waals surface area contributed by atoms with Gasteiger partial charge in [-0.2, -0.15) is 0 Å². The molecule has 0 aliphatic heterocycles. The minimum atomic E-state index is -4.94. The second-order valence-electron chi connectivity index (χ2n) is 0.378. The molecule has 0 fully saturated rings. The van der Waals surface area contributed by atoms with Crippen molar-refractivity contribution in [1.29, 1.82) is 0 Å². The molecule has 0 unspecified atom stereocenters. The van der Waals surface area contributed by atoms with Crippen LogP contribution >= 0.6 is 0 Å². The van der Waals surface area contributed by atoms with Crippen LogP contribution in [0.25, 0.3) is 0 Å². The third-order valence-electron chi connectivity index (χ3n) is 0. The van der Waals surface area contributed by atoms with Crippen LogP contribution in [0.4, 0.5) is 0 Å². The second kappa shape index (κ2) is 6.41.